The van der Waals surface area contributed by atoms with Gasteiger partial charge in [-0.3, -0.25) is 0 Å². The number of hydrogen-bond acceptors (Lipinski definition) is 1. The molecule has 2 N–H and O–H groups in total. The molecule has 0 radical (unpaired) electrons. The van der Waals surface area contributed by atoms with E-state index in [9.17, 15) is 18.0 Å². The van der Waals surface area contributed by atoms with Crippen molar-refractivity contribution in [1.82, 2.24) is 0 Å². The molecule has 0 fully saturated rings. The highest BCUT2D eigenvalue weighted by molar-refractivity contribution is 9.10. The van der Waals surface area contributed by atoms with Crippen molar-refractivity contribution in [1.29, 1.82) is 0 Å². The molecular weight excluding hydrogens is 385 g/mol. The van der Waals surface area contributed by atoms with E-state index < -0.39 is 17.8 Å². The fourth-order valence-electron chi connectivity index (χ4n) is 1.68. The number of amides is 2. The number of halogens is 5. The van der Waals surface area contributed by atoms with E-state index in [4.69, 9.17) is 11.6 Å². The largest absolute Gasteiger partial charge is 0.418 e. The van der Waals surface area contributed by atoms with Crippen molar-refractivity contribution < 1.29 is 18.0 Å². The molecule has 0 heterocycles. The summed E-state index contributed by atoms with van der Waals surface area (Å²) in [6.07, 6.45) is -4.62. The second kappa shape index (κ2) is 6.58. The van der Waals surface area contributed by atoms with Gasteiger partial charge in [-0.05, 0) is 42.5 Å². The van der Waals surface area contributed by atoms with Crippen LogP contribution in [0.25, 0.3) is 0 Å². The highest BCUT2D eigenvalue weighted by atomic mass is 79.9. The van der Waals surface area contributed by atoms with E-state index >= 15 is 0 Å². The first-order valence-corrected chi connectivity index (χ1v) is 7.13. The van der Waals surface area contributed by atoms with Crippen LogP contribution < -0.4 is 10.6 Å². The molecule has 0 aliphatic rings. The Balaban J connectivity index is 2.16. The maximum Gasteiger partial charge on any atom is 0.418 e. The lowest BCUT2D eigenvalue weighted by Gasteiger charge is -2.14. The summed E-state index contributed by atoms with van der Waals surface area (Å²) in [5.74, 6) is 0. The zero-order valence-electron chi connectivity index (χ0n) is 10.8. The summed E-state index contributed by atoms with van der Waals surface area (Å²) < 4.78 is 39.6. The Morgan fingerprint density at radius 3 is 2.27 bits per heavy atom. The molecule has 2 aromatic carbocycles. The molecule has 3 nitrogen and oxygen atoms in total. The average molecular weight is 394 g/mol. The standard InChI is InChI=1S/C14H9BrClF3N2O/c15-8-1-4-10(5-2-8)20-13(22)21-12-6-3-9(16)7-11(12)14(17,18)19/h1-7H,(H2,20,21,22). The molecule has 8 heteroatoms. The van der Waals surface area contributed by atoms with Gasteiger partial charge >= 0.3 is 12.2 Å². The average Bonchev–Trinajstić information content (AvgIpc) is 2.42. The van der Waals surface area contributed by atoms with Crippen LogP contribution in [0.1, 0.15) is 5.56 Å². The number of carbonyl (C=O) groups is 1. The van der Waals surface area contributed by atoms with Gasteiger partial charge in [0.1, 0.15) is 0 Å². The van der Waals surface area contributed by atoms with Crippen molar-refractivity contribution in [3.63, 3.8) is 0 Å². The Morgan fingerprint density at radius 1 is 1.05 bits per heavy atom. The van der Waals surface area contributed by atoms with Crippen LogP contribution in [0.15, 0.2) is 46.9 Å². The number of urea groups is 1. The van der Waals surface area contributed by atoms with Crippen LogP contribution in [0.5, 0.6) is 0 Å². The number of carbonyl (C=O) groups excluding carboxylic acids is 1. The quantitative estimate of drug-likeness (QED) is 0.668. The Bertz CT molecular complexity index is 689. The first kappa shape index (κ1) is 16.6. The van der Waals surface area contributed by atoms with Gasteiger partial charge in [-0.2, -0.15) is 13.2 Å². The van der Waals surface area contributed by atoms with Gasteiger partial charge < -0.3 is 10.6 Å². The predicted molar refractivity (Wildman–Crippen MR) is 83.2 cm³/mol. The van der Waals surface area contributed by atoms with Gasteiger partial charge in [-0.1, -0.05) is 27.5 Å². The second-order valence-electron chi connectivity index (χ2n) is 4.27. The molecule has 22 heavy (non-hydrogen) atoms. The first-order chi connectivity index (χ1) is 10.3. The lowest BCUT2D eigenvalue weighted by Crippen LogP contribution is -2.21. The van der Waals surface area contributed by atoms with Crippen LogP contribution in [0.3, 0.4) is 0 Å². The molecule has 0 bridgehead atoms. The van der Waals surface area contributed by atoms with E-state index in [1.807, 2.05) is 0 Å². The predicted octanol–water partition coefficient (Wildman–Crippen LogP) is 5.77. The summed E-state index contributed by atoms with van der Waals surface area (Å²) >= 11 is 8.81. The van der Waals surface area contributed by atoms with E-state index in [0.717, 1.165) is 16.6 Å². The Hall–Kier alpha value is -1.73. The molecule has 0 spiro atoms. The third-order valence-corrected chi connectivity index (χ3v) is 3.40. The van der Waals surface area contributed by atoms with Gasteiger partial charge in [0.25, 0.3) is 0 Å². The summed E-state index contributed by atoms with van der Waals surface area (Å²) in [5, 5.41) is 4.54. The van der Waals surface area contributed by atoms with Crippen molar-refractivity contribution in [2.75, 3.05) is 10.6 Å². The van der Waals surface area contributed by atoms with E-state index in [1.165, 1.54) is 6.07 Å². The minimum atomic E-state index is -4.62. The number of anilines is 2. The summed E-state index contributed by atoms with van der Waals surface area (Å²) in [5.41, 5.74) is -0.930. The van der Waals surface area contributed by atoms with Crippen LogP contribution in [-0.2, 0) is 6.18 Å². The summed E-state index contributed by atoms with van der Waals surface area (Å²) in [7, 11) is 0. The molecule has 0 aromatic heterocycles. The minimum absolute atomic E-state index is 0.0637. The highest BCUT2D eigenvalue weighted by Gasteiger charge is 2.34. The molecule has 0 aliphatic heterocycles. The lowest BCUT2D eigenvalue weighted by molar-refractivity contribution is -0.136. The molecule has 0 unspecified atom stereocenters. The summed E-state index contributed by atoms with van der Waals surface area (Å²) in [6, 6.07) is 8.95. The second-order valence-corrected chi connectivity index (χ2v) is 5.63. The summed E-state index contributed by atoms with van der Waals surface area (Å²) in [4.78, 5) is 11.8. The fourth-order valence-corrected chi connectivity index (χ4v) is 2.11. The van der Waals surface area contributed by atoms with Crippen molar-refractivity contribution in [3.05, 3.63) is 57.5 Å². The number of hydrogen-bond donors (Lipinski definition) is 2. The molecular formula is C14H9BrClF3N2O. The molecule has 2 rings (SSSR count). The van der Waals surface area contributed by atoms with E-state index in [0.29, 0.717) is 5.69 Å². The molecule has 116 valence electrons. The smallest absolute Gasteiger partial charge is 0.308 e. The van der Waals surface area contributed by atoms with Crippen molar-refractivity contribution in [2.24, 2.45) is 0 Å². The van der Waals surface area contributed by atoms with E-state index in [2.05, 4.69) is 26.6 Å². The lowest BCUT2D eigenvalue weighted by atomic mass is 10.1. The normalized spacial score (nSPS) is 11.1. The topological polar surface area (TPSA) is 41.1 Å². The third kappa shape index (κ3) is 4.38. The van der Waals surface area contributed by atoms with E-state index in [1.54, 1.807) is 24.3 Å². The number of nitrogens with one attached hydrogen (secondary N) is 2. The van der Waals surface area contributed by atoms with Gasteiger partial charge in [0, 0.05) is 15.2 Å². The van der Waals surface area contributed by atoms with Gasteiger partial charge in [0.15, 0.2) is 0 Å². The van der Waals surface area contributed by atoms with Crippen molar-refractivity contribution in [3.8, 4) is 0 Å². The van der Waals surface area contributed by atoms with Crippen molar-refractivity contribution in [2.45, 2.75) is 6.18 Å². The molecule has 0 saturated heterocycles. The number of alkyl halides is 3. The van der Waals surface area contributed by atoms with Crippen LogP contribution in [0, 0.1) is 0 Å². The Labute approximate surface area is 137 Å². The minimum Gasteiger partial charge on any atom is -0.308 e. The zero-order valence-corrected chi connectivity index (χ0v) is 13.2. The third-order valence-electron chi connectivity index (χ3n) is 2.64. The molecule has 0 saturated carbocycles. The van der Waals surface area contributed by atoms with Crippen LogP contribution in [0.4, 0.5) is 29.3 Å². The van der Waals surface area contributed by atoms with Crippen molar-refractivity contribution >= 4 is 44.9 Å². The zero-order chi connectivity index (χ0) is 16.3. The highest BCUT2D eigenvalue weighted by Crippen LogP contribution is 2.36. The molecule has 0 atom stereocenters. The number of rotatable bonds is 2. The number of benzene rings is 2. The fraction of sp³-hybridized carbons (Fsp3) is 0.0714. The van der Waals surface area contributed by atoms with Crippen LogP contribution >= 0.6 is 27.5 Å². The first-order valence-electron chi connectivity index (χ1n) is 5.96. The van der Waals surface area contributed by atoms with Gasteiger partial charge in [-0.15, -0.1) is 0 Å². The maximum atomic E-state index is 12.9. The SMILES string of the molecule is O=C(Nc1ccc(Br)cc1)Nc1ccc(Cl)cc1C(F)(F)F. The maximum absolute atomic E-state index is 12.9. The van der Waals surface area contributed by atoms with E-state index in [-0.39, 0.29) is 10.7 Å². The summed E-state index contributed by atoms with van der Waals surface area (Å²) in [6.45, 7) is 0. The Kier molecular flexibility index (Phi) is 4.97. The monoisotopic (exact) mass is 392 g/mol. The van der Waals surface area contributed by atoms with Gasteiger partial charge in [0.2, 0.25) is 0 Å². The molecule has 2 aromatic rings. The van der Waals surface area contributed by atoms with Crippen LogP contribution in [-0.4, -0.2) is 6.03 Å². The molecule has 0 aliphatic carbocycles. The Morgan fingerprint density at radius 2 is 1.68 bits per heavy atom. The van der Waals surface area contributed by atoms with Gasteiger partial charge in [-0.25, -0.2) is 4.79 Å². The van der Waals surface area contributed by atoms with Crippen LogP contribution in [0.2, 0.25) is 5.02 Å². The van der Waals surface area contributed by atoms with Gasteiger partial charge in [0.05, 0.1) is 11.3 Å². The molecule has 2 amide bonds.